The van der Waals surface area contributed by atoms with Crippen molar-refractivity contribution in [2.24, 2.45) is 0 Å². The zero-order valence-corrected chi connectivity index (χ0v) is 10.9. The predicted octanol–water partition coefficient (Wildman–Crippen LogP) is 3.27. The third-order valence-electron chi connectivity index (χ3n) is 2.97. The van der Waals surface area contributed by atoms with E-state index in [9.17, 15) is 4.39 Å². The summed E-state index contributed by atoms with van der Waals surface area (Å²) < 4.78 is 15.5. The Hall–Kier alpha value is -2.58. The zero-order chi connectivity index (χ0) is 14.3. The SMILES string of the molecule is N#Cc1ccc2nc(N)n(-c3c(F)cccc3Cl)c2c1. The molecule has 0 aliphatic carbocycles. The lowest BCUT2D eigenvalue weighted by Gasteiger charge is -2.09. The number of halogens is 2. The summed E-state index contributed by atoms with van der Waals surface area (Å²) in [6.07, 6.45) is 0. The van der Waals surface area contributed by atoms with Crippen LogP contribution in [0.3, 0.4) is 0 Å². The number of fused-ring (bicyclic) bond motifs is 1. The van der Waals surface area contributed by atoms with Gasteiger partial charge in [0.15, 0.2) is 0 Å². The maximum Gasteiger partial charge on any atom is 0.206 e. The highest BCUT2D eigenvalue weighted by molar-refractivity contribution is 6.32. The minimum Gasteiger partial charge on any atom is -0.369 e. The third-order valence-corrected chi connectivity index (χ3v) is 3.28. The van der Waals surface area contributed by atoms with Crippen LogP contribution in [0.2, 0.25) is 5.02 Å². The summed E-state index contributed by atoms with van der Waals surface area (Å²) in [7, 11) is 0. The molecule has 6 heteroatoms. The number of anilines is 1. The molecule has 0 saturated heterocycles. The zero-order valence-electron chi connectivity index (χ0n) is 10.1. The molecule has 0 atom stereocenters. The monoisotopic (exact) mass is 286 g/mol. The first kappa shape index (κ1) is 12.5. The van der Waals surface area contributed by atoms with Crippen molar-refractivity contribution in [2.45, 2.75) is 0 Å². The van der Waals surface area contributed by atoms with E-state index in [0.717, 1.165) is 0 Å². The smallest absolute Gasteiger partial charge is 0.206 e. The standard InChI is InChI=1S/C14H8ClFN4/c15-9-2-1-3-10(16)13(9)20-12-6-8(7-17)4-5-11(12)19-14(20)18/h1-6H,(H2,18,19). The number of rotatable bonds is 1. The van der Waals surface area contributed by atoms with Gasteiger partial charge in [0.1, 0.15) is 11.5 Å². The molecular weight excluding hydrogens is 279 g/mol. The number of para-hydroxylation sites is 1. The molecule has 0 aliphatic heterocycles. The van der Waals surface area contributed by atoms with Gasteiger partial charge in [0.05, 0.1) is 27.7 Å². The van der Waals surface area contributed by atoms with E-state index in [4.69, 9.17) is 22.6 Å². The lowest BCUT2D eigenvalue weighted by Crippen LogP contribution is -2.03. The molecule has 20 heavy (non-hydrogen) atoms. The van der Waals surface area contributed by atoms with Crippen LogP contribution in [0, 0.1) is 17.1 Å². The molecule has 0 bridgehead atoms. The highest BCUT2D eigenvalue weighted by Gasteiger charge is 2.16. The highest BCUT2D eigenvalue weighted by atomic mass is 35.5. The summed E-state index contributed by atoms with van der Waals surface area (Å²) in [5, 5.41) is 9.18. The fraction of sp³-hybridized carbons (Fsp3) is 0. The van der Waals surface area contributed by atoms with Crippen molar-refractivity contribution in [3.05, 3.63) is 52.8 Å². The van der Waals surface area contributed by atoms with Crippen LogP contribution < -0.4 is 5.73 Å². The van der Waals surface area contributed by atoms with Crippen LogP contribution in [0.5, 0.6) is 0 Å². The predicted molar refractivity (Wildman–Crippen MR) is 75.2 cm³/mol. The lowest BCUT2D eigenvalue weighted by molar-refractivity contribution is 0.620. The van der Waals surface area contributed by atoms with Crippen molar-refractivity contribution < 1.29 is 4.39 Å². The highest BCUT2D eigenvalue weighted by Crippen LogP contribution is 2.30. The first-order valence-corrected chi connectivity index (χ1v) is 6.12. The fourth-order valence-electron chi connectivity index (χ4n) is 2.10. The van der Waals surface area contributed by atoms with E-state index < -0.39 is 5.82 Å². The Morgan fingerprint density at radius 2 is 2.10 bits per heavy atom. The molecule has 98 valence electrons. The van der Waals surface area contributed by atoms with Gasteiger partial charge >= 0.3 is 0 Å². The van der Waals surface area contributed by atoms with Gasteiger partial charge in [0.2, 0.25) is 5.95 Å². The number of nitriles is 1. The van der Waals surface area contributed by atoms with E-state index >= 15 is 0 Å². The molecule has 4 nitrogen and oxygen atoms in total. The average molecular weight is 287 g/mol. The molecule has 1 heterocycles. The van der Waals surface area contributed by atoms with Crippen LogP contribution in [-0.2, 0) is 0 Å². The summed E-state index contributed by atoms with van der Waals surface area (Å²) in [5.74, 6) is -0.395. The minimum atomic E-state index is -0.508. The minimum absolute atomic E-state index is 0.113. The van der Waals surface area contributed by atoms with Crippen LogP contribution in [-0.4, -0.2) is 9.55 Å². The molecule has 2 N–H and O–H groups in total. The summed E-state index contributed by atoms with van der Waals surface area (Å²) in [4.78, 5) is 4.15. The molecule has 0 amide bonds. The molecule has 0 fully saturated rings. The number of aromatic nitrogens is 2. The van der Waals surface area contributed by atoms with Crippen molar-refractivity contribution in [2.75, 3.05) is 5.73 Å². The molecule has 2 aromatic carbocycles. The van der Waals surface area contributed by atoms with Gasteiger partial charge in [0.25, 0.3) is 0 Å². The molecule has 1 aromatic heterocycles. The van der Waals surface area contributed by atoms with Gasteiger partial charge in [-0.1, -0.05) is 17.7 Å². The lowest BCUT2D eigenvalue weighted by atomic mass is 10.2. The van der Waals surface area contributed by atoms with E-state index in [1.165, 1.54) is 16.7 Å². The number of imidazole rings is 1. The molecule has 0 radical (unpaired) electrons. The first-order valence-electron chi connectivity index (χ1n) is 5.74. The van der Waals surface area contributed by atoms with Gasteiger partial charge in [-0.2, -0.15) is 5.26 Å². The van der Waals surface area contributed by atoms with Crippen LogP contribution in [0.15, 0.2) is 36.4 Å². The number of nitrogen functional groups attached to an aromatic ring is 1. The second-order valence-electron chi connectivity index (χ2n) is 4.19. The Kier molecular flexibility index (Phi) is 2.81. The van der Waals surface area contributed by atoms with Crippen molar-refractivity contribution >= 4 is 28.6 Å². The van der Waals surface area contributed by atoms with Crippen molar-refractivity contribution in [3.8, 4) is 11.8 Å². The van der Waals surface area contributed by atoms with Crippen LogP contribution in [0.4, 0.5) is 10.3 Å². The topological polar surface area (TPSA) is 67.6 Å². The molecule has 0 saturated carbocycles. The maximum atomic E-state index is 14.1. The average Bonchev–Trinajstić information content (AvgIpc) is 2.74. The number of nitrogens with zero attached hydrogens (tertiary/aromatic N) is 3. The Labute approximate surface area is 118 Å². The largest absolute Gasteiger partial charge is 0.369 e. The summed E-state index contributed by atoms with van der Waals surface area (Å²) in [5.41, 5.74) is 7.53. The van der Waals surface area contributed by atoms with Crippen LogP contribution in [0.25, 0.3) is 16.7 Å². The summed E-state index contributed by atoms with van der Waals surface area (Å²) in [6, 6.07) is 11.3. The molecule has 3 aromatic rings. The Morgan fingerprint density at radius 1 is 1.30 bits per heavy atom. The number of nitrogens with two attached hydrogens (primary N) is 1. The number of hydrogen-bond acceptors (Lipinski definition) is 3. The van der Waals surface area contributed by atoms with Crippen LogP contribution >= 0.6 is 11.6 Å². The maximum absolute atomic E-state index is 14.1. The van der Waals surface area contributed by atoms with Crippen molar-refractivity contribution in [1.29, 1.82) is 5.26 Å². The van der Waals surface area contributed by atoms with Gasteiger partial charge in [-0.25, -0.2) is 9.37 Å². The second-order valence-corrected chi connectivity index (χ2v) is 4.60. The van der Waals surface area contributed by atoms with E-state index in [1.54, 1.807) is 24.3 Å². The quantitative estimate of drug-likeness (QED) is 0.746. The van der Waals surface area contributed by atoms with Gasteiger partial charge in [-0.15, -0.1) is 0 Å². The Morgan fingerprint density at radius 3 is 2.80 bits per heavy atom. The van der Waals surface area contributed by atoms with Gasteiger partial charge in [-0.3, -0.25) is 4.57 Å². The van der Waals surface area contributed by atoms with Crippen molar-refractivity contribution in [3.63, 3.8) is 0 Å². The van der Waals surface area contributed by atoms with E-state index in [0.29, 0.717) is 16.6 Å². The molecule has 0 unspecified atom stereocenters. The van der Waals surface area contributed by atoms with Gasteiger partial charge in [0, 0.05) is 0 Å². The molecule has 0 aliphatic rings. The second kappa shape index (κ2) is 4.51. The van der Waals surface area contributed by atoms with E-state index in [2.05, 4.69) is 4.98 Å². The summed E-state index contributed by atoms with van der Waals surface area (Å²) >= 11 is 6.06. The number of hydrogen-bond donors (Lipinski definition) is 1. The third kappa shape index (κ3) is 1.78. The fourth-order valence-corrected chi connectivity index (χ4v) is 2.35. The van der Waals surface area contributed by atoms with E-state index in [1.807, 2.05) is 6.07 Å². The van der Waals surface area contributed by atoms with Gasteiger partial charge < -0.3 is 5.73 Å². The molecule has 3 rings (SSSR count). The normalized spacial score (nSPS) is 10.7. The Bertz CT molecular complexity index is 843. The summed E-state index contributed by atoms with van der Waals surface area (Å²) in [6.45, 7) is 0. The molecule has 0 spiro atoms. The first-order chi connectivity index (χ1) is 9.61. The molecular formula is C14H8ClFN4. The number of benzene rings is 2. The van der Waals surface area contributed by atoms with Gasteiger partial charge in [-0.05, 0) is 30.3 Å². The Balaban J connectivity index is 2.42. The van der Waals surface area contributed by atoms with E-state index in [-0.39, 0.29) is 16.7 Å². The van der Waals surface area contributed by atoms with Crippen molar-refractivity contribution in [1.82, 2.24) is 9.55 Å². The van der Waals surface area contributed by atoms with Crippen LogP contribution in [0.1, 0.15) is 5.56 Å².